The Morgan fingerprint density at radius 3 is 1.97 bits per heavy atom. The monoisotopic (exact) mass is 524 g/mol. The molecule has 0 aliphatic heterocycles. The van der Waals surface area contributed by atoms with Gasteiger partial charge in [0.1, 0.15) is 11.5 Å². The van der Waals surface area contributed by atoms with E-state index < -0.39 is 18.5 Å². The van der Waals surface area contributed by atoms with Crippen LogP contribution in [0.2, 0.25) is 0 Å². The van der Waals surface area contributed by atoms with E-state index >= 15 is 0 Å². The van der Waals surface area contributed by atoms with Gasteiger partial charge in [-0.05, 0) is 84.8 Å². The van der Waals surface area contributed by atoms with Crippen molar-refractivity contribution in [2.24, 2.45) is 0 Å². The van der Waals surface area contributed by atoms with E-state index in [9.17, 15) is 19.2 Å². The maximum absolute atomic E-state index is 12.3. The third-order valence-electron chi connectivity index (χ3n) is 5.82. The number of benzene rings is 4. The highest BCUT2D eigenvalue weighted by Crippen LogP contribution is 2.26. The summed E-state index contributed by atoms with van der Waals surface area (Å²) in [5, 5.41) is 7.60. The lowest BCUT2D eigenvalue weighted by Gasteiger charge is -2.09. The number of anilines is 2. The second-order valence-electron chi connectivity index (χ2n) is 8.88. The highest BCUT2D eigenvalue weighted by molar-refractivity contribution is 5.96. The first-order valence-corrected chi connectivity index (χ1v) is 12.5. The number of hydrogen-bond donors (Lipinski definition) is 2. The van der Waals surface area contributed by atoms with Gasteiger partial charge in [0.15, 0.2) is 12.4 Å². The largest absolute Gasteiger partial charge is 0.457 e. The van der Waals surface area contributed by atoms with Gasteiger partial charge in [-0.2, -0.15) is 0 Å². The Labute approximate surface area is 225 Å². The molecule has 0 unspecified atom stereocenters. The SMILES string of the molecule is CC(=O)c1ccc(NC(=O)COC(=O)CCCC(=O)Nc2ccc(Oc3ccc4ccccc4c3)cc2)cc1. The van der Waals surface area contributed by atoms with Crippen molar-refractivity contribution in [3.8, 4) is 11.5 Å². The van der Waals surface area contributed by atoms with E-state index in [-0.39, 0.29) is 31.0 Å². The number of hydrogen-bond acceptors (Lipinski definition) is 6. The molecular formula is C31H28N2O6. The fourth-order valence-corrected chi connectivity index (χ4v) is 3.79. The molecule has 8 heteroatoms. The number of ketones is 1. The normalized spacial score (nSPS) is 10.5. The van der Waals surface area contributed by atoms with Crippen LogP contribution in [0, 0.1) is 0 Å². The summed E-state index contributed by atoms with van der Waals surface area (Å²) in [6, 6.07) is 27.3. The van der Waals surface area contributed by atoms with Crippen molar-refractivity contribution in [3.63, 3.8) is 0 Å². The van der Waals surface area contributed by atoms with Crippen molar-refractivity contribution < 1.29 is 28.7 Å². The van der Waals surface area contributed by atoms with E-state index in [1.54, 1.807) is 48.5 Å². The standard InChI is InChI=1S/C31H28N2O6/c1-21(34)22-9-12-25(13-10-22)33-30(36)20-38-31(37)8-4-7-29(35)32-26-14-17-27(18-15-26)39-28-16-11-23-5-2-3-6-24(23)19-28/h2-3,5-6,9-19H,4,7-8,20H2,1H3,(H,32,35)(H,33,36). The van der Waals surface area contributed by atoms with E-state index in [0.717, 1.165) is 16.5 Å². The first-order chi connectivity index (χ1) is 18.9. The molecule has 0 aliphatic carbocycles. The number of carbonyl (C=O) groups is 4. The molecule has 2 N–H and O–H groups in total. The number of rotatable bonds is 11. The van der Waals surface area contributed by atoms with Crippen LogP contribution in [0.15, 0.2) is 91.0 Å². The Morgan fingerprint density at radius 2 is 1.28 bits per heavy atom. The summed E-state index contributed by atoms with van der Waals surface area (Å²) in [6.07, 6.45) is 0.410. The average Bonchev–Trinajstić information content (AvgIpc) is 2.93. The van der Waals surface area contributed by atoms with Gasteiger partial charge in [-0.3, -0.25) is 19.2 Å². The summed E-state index contributed by atoms with van der Waals surface area (Å²) in [4.78, 5) is 47.5. The van der Waals surface area contributed by atoms with E-state index in [0.29, 0.717) is 22.7 Å². The second-order valence-corrected chi connectivity index (χ2v) is 8.88. The third kappa shape index (κ3) is 8.26. The van der Waals surface area contributed by atoms with Crippen LogP contribution >= 0.6 is 0 Å². The van der Waals surface area contributed by atoms with Crippen molar-refractivity contribution in [1.29, 1.82) is 0 Å². The lowest BCUT2D eigenvalue weighted by Crippen LogP contribution is -2.21. The molecule has 0 saturated carbocycles. The summed E-state index contributed by atoms with van der Waals surface area (Å²) in [5.41, 5.74) is 1.64. The third-order valence-corrected chi connectivity index (χ3v) is 5.82. The van der Waals surface area contributed by atoms with Crippen LogP contribution in [0.3, 0.4) is 0 Å². The fraction of sp³-hybridized carbons (Fsp3) is 0.161. The summed E-state index contributed by atoms with van der Waals surface area (Å²) in [5.74, 6) is -0.0142. The number of esters is 1. The molecule has 8 nitrogen and oxygen atoms in total. The van der Waals surface area contributed by atoms with Gasteiger partial charge in [-0.25, -0.2) is 0 Å². The summed E-state index contributed by atoms with van der Waals surface area (Å²) in [7, 11) is 0. The number of carbonyl (C=O) groups excluding carboxylic acids is 4. The maximum atomic E-state index is 12.3. The molecule has 4 aromatic carbocycles. The zero-order valence-electron chi connectivity index (χ0n) is 21.4. The summed E-state index contributed by atoms with van der Waals surface area (Å²) >= 11 is 0. The maximum Gasteiger partial charge on any atom is 0.306 e. The first kappa shape index (κ1) is 27.1. The van der Waals surface area contributed by atoms with Crippen LogP contribution in [0.4, 0.5) is 11.4 Å². The smallest absolute Gasteiger partial charge is 0.306 e. The molecule has 0 spiro atoms. The quantitative estimate of drug-likeness (QED) is 0.181. The van der Waals surface area contributed by atoms with E-state index in [1.807, 2.05) is 42.5 Å². The van der Waals surface area contributed by atoms with Gasteiger partial charge in [-0.15, -0.1) is 0 Å². The van der Waals surface area contributed by atoms with Crippen LogP contribution in [0.5, 0.6) is 11.5 Å². The van der Waals surface area contributed by atoms with Crippen LogP contribution in [-0.4, -0.2) is 30.2 Å². The molecule has 2 amide bonds. The summed E-state index contributed by atoms with van der Waals surface area (Å²) in [6.45, 7) is 1.02. The second kappa shape index (κ2) is 13.0. The minimum Gasteiger partial charge on any atom is -0.457 e. The Balaban J connectivity index is 1.14. The van der Waals surface area contributed by atoms with Gasteiger partial charge < -0.3 is 20.1 Å². The topological polar surface area (TPSA) is 111 Å². The van der Waals surface area contributed by atoms with Gasteiger partial charge >= 0.3 is 5.97 Å². The minimum atomic E-state index is -0.569. The number of nitrogens with one attached hydrogen (secondary N) is 2. The molecule has 0 fully saturated rings. The van der Waals surface area contributed by atoms with Crippen molar-refractivity contribution in [3.05, 3.63) is 96.6 Å². The van der Waals surface area contributed by atoms with Gasteiger partial charge in [0.2, 0.25) is 5.91 Å². The van der Waals surface area contributed by atoms with Crippen LogP contribution in [-0.2, 0) is 19.1 Å². The van der Waals surface area contributed by atoms with Crippen LogP contribution in [0.1, 0.15) is 36.5 Å². The molecule has 0 saturated heterocycles. The lowest BCUT2D eigenvalue weighted by molar-refractivity contribution is -0.147. The molecule has 0 aromatic heterocycles. The lowest BCUT2D eigenvalue weighted by atomic mass is 10.1. The van der Waals surface area contributed by atoms with Crippen molar-refractivity contribution in [1.82, 2.24) is 0 Å². The Kier molecular flexibility index (Phi) is 9.03. The molecular weight excluding hydrogens is 496 g/mol. The molecule has 198 valence electrons. The van der Waals surface area contributed by atoms with E-state index in [2.05, 4.69) is 10.6 Å². The van der Waals surface area contributed by atoms with E-state index in [4.69, 9.17) is 9.47 Å². The number of Topliss-reactive ketones (excluding diaryl/α,β-unsaturated/α-hetero) is 1. The molecule has 0 radical (unpaired) electrons. The van der Waals surface area contributed by atoms with Gasteiger partial charge in [0.25, 0.3) is 5.91 Å². The van der Waals surface area contributed by atoms with Crippen molar-refractivity contribution >= 4 is 45.7 Å². The predicted octanol–water partition coefficient (Wildman–Crippen LogP) is 6.13. The molecule has 39 heavy (non-hydrogen) atoms. The van der Waals surface area contributed by atoms with Gasteiger partial charge in [0, 0.05) is 29.8 Å². The Bertz CT molecular complexity index is 1480. The van der Waals surface area contributed by atoms with Gasteiger partial charge in [0.05, 0.1) is 0 Å². The van der Waals surface area contributed by atoms with E-state index in [1.165, 1.54) is 6.92 Å². The number of fused-ring (bicyclic) bond motifs is 1. The fourth-order valence-electron chi connectivity index (χ4n) is 3.79. The van der Waals surface area contributed by atoms with Crippen molar-refractivity contribution in [2.45, 2.75) is 26.2 Å². The molecule has 0 atom stereocenters. The zero-order chi connectivity index (χ0) is 27.6. The molecule has 0 aliphatic rings. The number of amides is 2. The average molecular weight is 525 g/mol. The molecule has 0 bridgehead atoms. The highest BCUT2D eigenvalue weighted by atomic mass is 16.5. The molecule has 4 aromatic rings. The van der Waals surface area contributed by atoms with Crippen LogP contribution < -0.4 is 15.4 Å². The predicted molar refractivity (Wildman–Crippen MR) is 149 cm³/mol. The van der Waals surface area contributed by atoms with Gasteiger partial charge in [-0.1, -0.05) is 30.3 Å². The summed E-state index contributed by atoms with van der Waals surface area (Å²) < 4.78 is 10.9. The Hall–Kier alpha value is -4.98. The zero-order valence-corrected chi connectivity index (χ0v) is 21.4. The van der Waals surface area contributed by atoms with Crippen LogP contribution in [0.25, 0.3) is 10.8 Å². The van der Waals surface area contributed by atoms with Crippen molar-refractivity contribution in [2.75, 3.05) is 17.2 Å². The Morgan fingerprint density at radius 1 is 0.667 bits per heavy atom. The molecule has 0 heterocycles. The molecule has 4 rings (SSSR count). The minimum absolute atomic E-state index is 0.00649. The first-order valence-electron chi connectivity index (χ1n) is 12.5. The number of ether oxygens (including phenoxy) is 2. The highest BCUT2D eigenvalue weighted by Gasteiger charge is 2.10.